The standard InChI is InChI=1S/C14H15F3N4OS/c1-9-2-4-10(5-3-9)12-19-20-13(23)21(12)7-6-11(22)18-8-14(15,16)17/h2-5H,6-8H2,1H3,(H,18,22)(H,20,23). The van der Waals surface area contributed by atoms with Crippen LogP contribution in [-0.4, -0.2) is 33.4 Å². The molecule has 2 N–H and O–H groups in total. The van der Waals surface area contributed by atoms with Gasteiger partial charge >= 0.3 is 6.18 Å². The van der Waals surface area contributed by atoms with Crippen LogP contribution in [0.1, 0.15) is 12.0 Å². The highest BCUT2D eigenvalue weighted by atomic mass is 32.1. The molecule has 0 fully saturated rings. The first-order valence-electron chi connectivity index (χ1n) is 6.82. The lowest BCUT2D eigenvalue weighted by Gasteiger charge is -2.09. The van der Waals surface area contributed by atoms with E-state index in [1.807, 2.05) is 36.5 Å². The number of hydrogen-bond acceptors (Lipinski definition) is 3. The molecule has 0 atom stereocenters. The average Bonchev–Trinajstić information content (AvgIpc) is 2.84. The number of rotatable bonds is 5. The lowest BCUT2D eigenvalue weighted by atomic mass is 10.1. The zero-order chi connectivity index (χ0) is 17.0. The van der Waals surface area contributed by atoms with Crippen molar-refractivity contribution in [3.8, 4) is 11.4 Å². The van der Waals surface area contributed by atoms with E-state index in [4.69, 9.17) is 12.2 Å². The number of nitrogens with one attached hydrogen (secondary N) is 2. The minimum atomic E-state index is -4.42. The number of amides is 1. The molecular weight excluding hydrogens is 329 g/mol. The van der Waals surface area contributed by atoms with Crippen LogP contribution in [0.3, 0.4) is 0 Å². The Hall–Kier alpha value is -2.16. The molecule has 0 bridgehead atoms. The van der Waals surface area contributed by atoms with Crippen molar-refractivity contribution in [1.82, 2.24) is 20.1 Å². The Labute approximate surface area is 135 Å². The summed E-state index contributed by atoms with van der Waals surface area (Å²) in [6.45, 7) is 0.752. The van der Waals surface area contributed by atoms with Gasteiger partial charge in [0.2, 0.25) is 5.91 Å². The van der Waals surface area contributed by atoms with Gasteiger partial charge in [0.25, 0.3) is 0 Å². The lowest BCUT2D eigenvalue weighted by molar-refractivity contribution is -0.138. The Morgan fingerprint density at radius 3 is 2.61 bits per heavy atom. The number of aryl methyl sites for hydroxylation is 1. The molecule has 1 aromatic carbocycles. The third-order valence-electron chi connectivity index (χ3n) is 3.12. The van der Waals surface area contributed by atoms with Crippen LogP contribution in [0.4, 0.5) is 13.2 Å². The van der Waals surface area contributed by atoms with Crippen molar-refractivity contribution in [2.24, 2.45) is 0 Å². The third-order valence-corrected chi connectivity index (χ3v) is 3.43. The SMILES string of the molecule is Cc1ccc(-c2n[nH]c(=S)n2CCC(=O)NCC(F)(F)F)cc1. The van der Waals surface area contributed by atoms with Crippen molar-refractivity contribution >= 4 is 18.1 Å². The number of halogens is 3. The molecule has 0 aliphatic carbocycles. The summed E-state index contributed by atoms with van der Waals surface area (Å²) in [7, 11) is 0. The van der Waals surface area contributed by atoms with E-state index in [2.05, 4.69) is 10.2 Å². The van der Waals surface area contributed by atoms with Crippen LogP contribution in [0.25, 0.3) is 11.4 Å². The second-order valence-corrected chi connectivity index (χ2v) is 5.40. The van der Waals surface area contributed by atoms with E-state index in [1.54, 1.807) is 4.57 Å². The molecule has 0 spiro atoms. The van der Waals surface area contributed by atoms with E-state index < -0.39 is 18.6 Å². The first-order valence-corrected chi connectivity index (χ1v) is 7.23. The zero-order valence-corrected chi connectivity index (χ0v) is 13.1. The highest BCUT2D eigenvalue weighted by Crippen LogP contribution is 2.18. The van der Waals surface area contributed by atoms with Gasteiger partial charge < -0.3 is 5.32 Å². The molecule has 5 nitrogen and oxygen atoms in total. The summed E-state index contributed by atoms with van der Waals surface area (Å²) in [5.41, 5.74) is 1.89. The van der Waals surface area contributed by atoms with E-state index >= 15 is 0 Å². The highest BCUT2D eigenvalue weighted by Gasteiger charge is 2.27. The van der Waals surface area contributed by atoms with Gasteiger partial charge in [0.05, 0.1) is 0 Å². The highest BCUT2D eigenvalue weighted by molar-refractivity contribution is 7.71. The predicted octanol–water partition coefficient (Wildman–Crippen LogP) is 2.98. The minimum Gasteiger partial charge on any atom is -0.347 e. The molecule has 0 radical (unpaired) electrons. The summed E-state index contributed by atoms with van der Waals surface area (Å²) < 4.78 is 38.1. The number of hydrogen-bond donors (Lipinski definition) is 2. The Balaban J connectivity index is 2.06. The molecule has 0 saturated carbocycles. The molecule has 2 aromatic rings. The smallest absolute Gasteiger partial charge is 0.347 e. The van der Waals surface area contributed by atoms with Gasteiger partial charge in [-0.1, -0.05) is 29.8 Å². The summed E-state index contributed by atoms with van der Waals surface area (Å²) in [6.07, 6.45) is -4.54. The molecule has 1 aromatic heterocycles. The Morgan fingerprint density at radius 2 is 2.00 bits per heavy atom. The molecule has 2 rings (SSSR count). The third kappa shape index (κ3) is 4.92. The van der Waals surface area contributed by atoms with Crippen LogP contribution < -0.4 is 5.32 Å². The van der Waals surface area contributed by atoms with Gasteiger partial charge in [0.1, 0.15) is 6.54 Å². The summed E-state index contributed by atoms with van der Waals surface area (Å²) in [5, 5.41) is 8.58. The number of carbonyl (C=O) groups excluding carboxylic acids is 1. The van der Waals surface area contributed by atoms with Crippen LogP contribution >= 0.6 is 12.2 Å². The minimum absolute atomic E-state index is 0.122. The van der Waals surface area contributed by atoms with Crippen LogP contribution in [0.2, 0.25) is 0 Å². The maximum Gasteiger partial charge on any atom is 0.405 e. The van der Waals surface area contributed by atoms with E-state index in [9.17, 15) is 18.0 Å². The van der Waals surface area contributed by atoms with Gasteiger partial charge in [-0.15, -0.1) is 0 Å². The molecular formula is C14H15F3N4OS. The molecule has 1 amide bonds. The molecule has 1 heterocycles. The van der Waals surface area contributed by atoms with Gasteiger partial charge in [-0.05, 0) is 19.1 Å². The first kappa shape index (κ1) is 17.2. The molecule has 0 aliphatic rings. The normalized spacial score (nSPS) is 11.5. The quantitative estimate of drug-likeness (QED) is 0.820. The molecule has 23 heavy (non-hydrogen) atoms. The van der Waals surface area contributed by atoms with Crippen molar-refractivity contribution in [1.29, 1.82) is 0 Å². The van der Waals surface area contributed by atoms with Crippen molar-refractivity contribution < 1.29 is 18.0 Å². The lowest BCUT2D eigenvalue weighted by Crippen LogP contribution is -2.34. The number of alkyl halides is 3. The van der Waals surface area contributed by atoms with Crippen molar-refractivity contribution in [3.63, 3.8) is 0 Å². The molecule has 0 saturated heterocycles. The van der Waals surface area contributed by atoms with Crippen molar-refractivity contribution in [3.05, 3.63) is 34.6 Å². The topological polar surface area (TPSA) is 62.7 Å². The van der Waals surface area contributed by atoms with E-state index in [0.29, 0.717) is 10.6 Å². The number of benzene rings is 1. The van der Waals surface area contributed by atoms with Gasteiger partial charge in [-0.2, -0.15) is 18.3 Å². The summed E-state index contributed by atoms with van der Waals surface area (Å²) in [4.78, 5) is 11.5. The number of aromatic nitrogens is 3. The Morgan fingerprint density at radius 1 is 1.35 bits per heavy atom. The van der Waals surface area contributed by atoms with Crippen LogP contribution in [0.15, 0.2) is 24.3 Å². The fourth-order valence-corrected chi connectivity index (χ4v) is 2.17. The summed E-state index contributed by atoms with van der Waals surface area (Å²) >= 11 is 5.11. The fourth-order valence-electron chi connectivity index (χ4n) is 1.95. The van der Waals surface area contributed by atoms with Gasteiger partial charge in [0, 0.05) is 18.5 Å². The number of nitrogens with zero attached hydrogens (tertiary/aromatic N) is 2. The zero-order valence-electron chi connectivity index (χ0n) is 12.3. The van der Waals surface area contributed by atoms with Gasteiger partial charge in [0.15, 0.2) is 10.6 Å². The van der Waals surface area contributed by atoms with E-state index in [-0.39, 0.29) is 13.0 Å². The predicted molar refractivity (Wildman–Crippen MR) is 81.3 cm³/mol. The monoisotopic (exact) mass is 344 g/mol. The van der Waals surface area contributed by atoms with Crippen LogP contribution in [-0.2, 0) is 11.3 Å². The number of aromatic amines is 1. The van der Waals surface area contributed by atoms with Crippen molar-refractivity contribution in [2.45, 2.75) is 26.1 Å². The number of carbonyl (C=O) groups is 1. The Bertz CT molecular complexity index is 734. The summed E-state index contributed by atoms with van der Waals surface area (Å²) in [5.74, 6) is -0.154. The molecule has 124 valence electrons. The van der Waals surface area contributed by atoms with Crippen LogP contribution in [0, 0.1) is 11.7 Å². The first-order chi connectivity index (χ1) is 10.8. The van der Waals surface area contributed by atoms with E-state index in [1.165, 1.54) is 0 Å². The van der Waals surface area contributed by atoms with Crippen molar-refractivity contribution in [2.75, 3.05) is 6.54 Å². The molecule has 0 aliphatic heterocycles. The summed E-state index contributed by atoms with van der Waals surface area (Å²) in [6, 6.07) is 7.54. The fraction of sp³-hybridized carbons (Fsp3) is 0.357. The molecule has 0 unspecified atom stereocenters. The number of H-pyrrole nitrogens is 1. The molecule has 9 heteroatoms. The maximum absolute atomic E-state index is 12.1. The van der Waals surface area contributed by atoms with Crippen LogP contribution in [0.5, 0.6) is 0 Å². The Kier molecular flexibility index (Phi) is 5.19. The average molecular weight is 344 g/mol. The van der Waals surface area contributed by atoms with Gasteiger partial charge in [-0.3, -0.25) is 14.5 Å². The van der Waals surface area contributed by atoms with E-state index in [0.717, 1.165) is 11.1 Å². The van der Waals surface area contributed by atoms with Gasteiger partial charge in [-0.25, -0.2) is 0 Å². The second-order valence-electron chi connectivity index (χ2n) is 5.01. The maximum atomic E-state index is 12.1. The second kappa shape index (κ2) is 6.95. The largest absolute Gasteiger partial charge is 0.405 e.